The SMILES string of the molecule is CCCCC(C)(OCC)C(=O)Nc1ccc(OC2CCCC2)c(C)c1. The zero-order chi connectivity index (χ0) is 18.3. The van der Waals surface area contributed by atoms with Gasteiger partial charge < -0.3 is 14.8 Å². The summed E-state index contributed by atoms with van der Waals surface area (Å²) in [5.41, 5.74) is 1.07. The van der Waals surface area contributed by atoms with Crippen molar-refractivity contribution in [2.45, 2.75) is 84.3 Å². The summed E-state index contributed by atoms with van der Waals surface area (Å²) in [6.45, 7) is 8.49. The predicted octanol–water partition coefficient (Wildman–Crippen LogP) is 5.24. The molecule has 4 heteroatoms. The number of anilines is 1. The van der Waals surface area contributed by atoms with E-state index in [-0.39, 0.29) is 5.91 Å². The number of rotatable bonds is 9. The van der Waals surface area contributed by atoms with Crippen LogP contribution < -0.4 is 10.1 Å². The molecule has 1 atom stereocenters. The largest absolute Gasteiger partial charge is 0.490 e. The highest BCUT2D eigenvalue weighted by molar-refractivity contribution is 5.97. The van der Waals surface area contributed by atoms with Crippen molar-refractivity contribution in [3.8, 4) is 5.75 Å². The van der Waals surface area contributed by atoms with E-state index in [1.165, 1.54) is 12.8 Å². The number of amides is 1. The number of unbranched alkanes of at least 4 members (excludes halogenated alkanes) is 1. The molecule has 1 aromatic carbocycles. The summed E-state index contributed by atoms with van der Waals surface area (Å²) < 4.78 is 11.9. The van der Waals surface area contributed by atoms with E-state index in [1.807, 2.05) is 39.0 Å². The van der Waals surface area contributed by atoms with Crippen LogP contribution in [0.4, 0.5) is 5.69 Å². The molecule has 0 bridgehead atoms. The molecule has 1 N–H and O–H groups in total. The second-order valence-corrected chi connectivity index (χ2v) is 7.23. The first kappa shape index (κ1) is 19.8. The Bertz CT molecular complexity index is 566. The maximum absolute atomic E-state index is 12.7. The minimum Gasteiger partial charge on any atom is -0.490 e. The van der Waals surface area contributed by atoms with Gasteiger partial charge in [0.1, 0.15) is 11.4 Å². The van der Waals surface area contributed by atoms with Crippen LogP contribution in [0, 0.1) is 6.92 Å². The van der Waals surface area contributed by atoms with E-state index in [9.17, 15) is 4.79 Å². The lowest BCUT2D eigenvalue weighted by molar-refractivity contribution is -0.139. The van der Waals surface area contributed by atoms with Gasteiger partial charge >= 0.3 is 0 Å². The number of aryl methyl sites for hydroxylation is 1. The van der Waals surface area contributed by atoms with E-state index in [0.717, 1.165) is 49.1 Å². The topological polar surface area (TPSA) is 47.6 Å². The lowest BCUT2D eigenvalue weighted by Crippen LogP contribution is -2.42. The Labute approximate surface area is 152 Å². The lowest BCUT2D eigenvalue weighted by atomic mass is 9.97. The summed E-state index contributed by atoms with van der Waals surface area (Å²) in [4.78, 5) is 12.7. The molecule has 1 aliphatic rings. The zero-order valence-electron chi connectivity index (χ0n) is 16.2. The fourth-order valence-electron chi connectivity index (χ4n) is 3.39. The normalized spacial score (nSPS) is 17.3. The van der Waals surface area contributed by atoms with Gasteiger partial charge in [0.25, 0.3) is 5.91 Å². The molecule has 1 amide bonds. The molecule has 4 nitrogen and oxygen atoms in total. The number of ether oxygens (including phenoxy) is 2. The van der Waals surface area contributed by atoms with Crippen LogP contribution in [0.2, 0.25) is 0 Å². The van der Waals surface area contributed by atoms with Crippen molar-refractivity contribution in [3.05, 3.63) is 23.8 Å². The van der Waals surface area contributed by atoms with Crippen LogP contribution in [-0.4, -0.2) is 24.2 Å². The maximum Gasteiger partial charge on any atom is 0.256 e. The fourth-order valence-corrected chi connectivity index (χ4v) is 3.39. The highest BCUT2D eigenvalue weighted by Gasteiger charge is 2.33. The highest BCUT2D eigenvalue weighted by Crippen LogP contribution is 2.29. The summed E-state index contributed by atoms with van der Waals surface area (Å²) in [6, 6.07) is 5.86. The Morgan fingerprint density at radius 3 is 2.60 bits per heavy atom. The number of carbonyl (C=O) groups excluding carboxylic acids is 1. The van der Waals surface area contributed by atoms with Crippen LogP contribution >= 0.6 is 0 Å². The number of nitrogens with one attached hydrogen (secondary N) is 1. The van der Waals surface area contributed by atoms with Crippen molar-refractivity contribution < 1.29 is 14.3 Å². The molecule has 1 saturated carbocycles. The van der Waals surface area contributed by atoms with E-state index in [0.29, 0.717) is 12.7 Å². The molecule has 0 aromatic heterocycles. The van der Waals surface area contributed by atoms with Gasteiger partial charge in [-0.3, -0.25) is 4.79 Å². The van der Waals surface area contributed by atoms with E-state index < -0.39 is 5.60 Å². The average Bonchev–Trinajstić information content (AvgIpc) is 3.09. The summed E-state index contributed by atoms with van der Waals surface area (Å²) in [5, 5.41) is 3.02. The van der Waals surface area contributed by atoms with Crippen LogP contribution in [0.3, 0.4) is 0 Å². The third-order valence-corrected chi connectivity index (χ3v) is 4.98. The van der Waals surface area contributed by atoms with Gasteiger partial charge in [-0.2, -0.15) is 0 Å². The number of benzene rings is 1. The molecule has 0 aliphatic heterocycles. The molecule has 1 unspecified atom stereocenters. The van der Waals surface area contributed by atoms with Gasteiger partial charge in [-0.15, -0.1) is 0 Å². The summed E-state index contributed by atoms with van der Waals surface area (Å²) in [7, 11) is 0. The molecular weight excluding hydrogens is 314 g/mol. The van der Waals surface area contributed by atoms with Crippen LogP contribution in [0.25, 0.3) is 0 Å². The van der Waals surface area contributed by atoms with Crippen molar-refractivity contribution in [2.24, 2.45) is 0 Å². The van der Waals surface area contributed by atoms with Crippen molar-refractivity contribution in [2.75, 3.05) is 11.9 Å². The van der Waals surface area contributed by atoms with Gasteiger partial charge in [0, 0.05) is 12.3 Å². The molecule has 2 rings (SSSR count). The van der Waals surface area contributed by atoms with Crippen molar-refractivity contribution in [1.82, 2.24) is 0 Å². The first-order chi connectivity index (χ1) is 12.0. The van der Waals surface area contributed by atoms with Gasteiger partial charge in [0.2, 0.25) is 0 Å². The molecule has 0 spiro atoms. The quantitative estimate of drug-likeness (QED) is 0.664. The summed E-state index contributed by atoms with van der Waals surface area (Å²) >= 11 is 0. The van der Waals surface area contributed by atoms with Crippen LogP contribution in [0.5, 0.6) is 5.75 Å². The van der Waals surface area contributed by atoms with Crippen LogP contribution in [-0.2, 0) is 9.53 Å². The first-order valence-electron chi connectivity index (χ1n) is 9.71. The minimum atomic E-state index is -0.780. The third kappa shape index (κ3) is 5.46. The first-order valence-corrected chi connectivity index (χ1v) is 9.71. The smallest absolute Gasteiger partial charge is 0.256 e. The molecule has 1 fully saturated rings. The summed E-state index contributed by atoms with van der Waals surface area (Å²) in [6.07, 6.45) is 7.88. The predicted molar refractivity (Wildman–Crippen MR) is 102 cm³/mol. The van der Waals surface area contributed by atoms with Crippen molar-refractivity contribution in [3.63, 3.8) is 0 Å². The molecule has 25 heavy (non-hydrogen) atoms. The molecule has 0 heterocycles. The van der Waals surface area contributed by atoms with Gasteiger partial charge in [-0.1, -0.05) is 19.8 Å². The Morgan fingerprint density at radius 2 is 2.00 bits per heavy atom. The molecular formula is C21H33NO3. The van der Waals surface area contributed by atoms with Gasteiger partial charge in [-0.25, -0.2) is 0 Å². The maximum atomic E-state index is 12.7. The van der Waals surface area contributed by atoms with Crippen molar-refractivity contribution in [1.29, 1.82) is 0 Å². The fraction of sp³-hybridized carbons (Fsp3) is 0.667. The van der Waals surface area contributed by atoms with E-state index >= 15 is 0 Å². The van der Waals surface area contributed by atoms with Gasteiger partial charge in [-0.05, 0) is 76.6 Å². The Balaban J connectivity index is 2.02. The monoisotopic (exact) mass is 347 g/mol. The Morgan fingerprint density at radius 1 is 1.28 bits per heavy atom. The second kappa shape index (κ2) is 9.23. The standard InChI is InChI=1S/C21H33NO3/c1-5-7-14-21(4,24-6-2)20(23)22-17-12-13-19(16(3)15-17)25-18-10-8-9-11-18/h12-13,15,18H,5-11,14H2,1-4H3,(H,22,23). The second-order valence-electron chi connectivity index (χ2n) is 7.23. The molecule has 140 valence electrons. The summed E-state index contributed by atoms with van der Waals surface area (Å²) in [5.74, 6) is 0.843. The number of hydrogen-bond acceptors (Lipinski definition) is 3. The minimum absolute atomic E-state index is 0.0772. The van der Waals surface area contributed by atoms with E-state index in [1.54, 1.807) is 0 Å². The Kier molecular flexibility index (Phi) is 7.30. The number of carbonyl (C=O) groups is 1. The highest BCUT2D eigenvalue weighted by atomic mass is 16.5. The molecule has 1 aliphatic carbocycles. The Hall–Kier alpha value is -1.55. The molecule has 0 saturated heterocycles. The third-order valence-electron chi connectivity index (χ3n) is 4.98. The van der Waals surface area contributed by atoms with E-state index in [4.69, 9.17) is 9.47 Å². The number of hydrogen-bond donors (Lipinski definition) is 1. The average molecular weight is 347 g/mol. The van der Waals surface area contributed by atoms with Crippen LogP contribution in [0.15, 0.2) is 18.2 Å². The van der Waals surface area contributed by atoms with Gasteiger partial charge in [0.15, 0.2) is 0 Å². The van der Waals surface area contributed by atoms with Crippen molar-refractivity contribution >= 4 is 11.6 Å². The van der Waals surface area contributed by atoms with Crippen LogP contribution in [0.1, 0.15) is 71.3 Å². The molecule has 0 radical (unpaired) electrons. The molecule has 1 aromatic rings. The lowest BCUT2D eigenvalue weighted by Gasteiger charge is -2.28. The van der Waals surface area contributed by atoms with E-state index in [2.05, 4.69) is 12.2 Å². The zero-order valence-corrected chi connectivity index (χ0v) is 16.2. The van der Waals surface area contributed by atoms with Gasteiger partial charge in [0.05, 0.1) is 6.10 Å².